The fraction of sp³-hybridized carbons (Fsp3) is 0.412. The number of aliphatic imine (C=N–C) groups is 1. The molecule has 4 nitrogen and oxygen atoms in total. The summed E-state index contributed by atoms with van der Waals surface area (Å²) in [5, 5.41) is 9.71. The lowest BCUT2D eigenvalue weighted by Crippen LogP contribution is -2.37. The van der Waals surface area contributed by atoms with Crippen LogP contribution in [0.2, 0.25) is 0 Å². The van der Waals surface area contributed by atoms with E-state index in [-0.39, 0.29) is 5.82 Å². The van der Waals surface area contributed by atoms with Crippen molar-refractivity contribution >= 4 is 17.3 Å². The van der Waals surface area contributed by atoms with Gasteiger partial charge in [0.15, 0.2) is 5.96 Å². The molecule has 6 heteroatoms. The summed E-state index contributed by atoms with van der Waals surface area (Å²) < 4.78 is 13.5. The largest absolute Gasteiger partial charge is 0.356 e. The second kappa shape index (κ2) is 8.62. The molecular formula is C17H23FN4S. The molecule has 1 heterocycles. The molecule has 0 atom stereocenters. The minimum Gasteiger partial charge on any atom is -0.356 e. The topological polar surface area (TPSA) is 49.3 Å². The molecule has 0 bridgehead atoms. The quantitative estimate of drug-likeness (QED) is 0.630. The second-order valence-corrected chi connectivity index (χ2v) is 6.21. The summed E-state index contributed by atoms with van der Waals surface area (Å²) in [5.74, 6) is 0.527. The molecule has 2 aromatic rings. The molecule has 0 aliphatic rings. The molecule has 1 aromatic carbocycles. The lowest BCUT2D eigenvalue weighted by molar-refractivity contribution is 0.615. The molecule has 0 fully saturated rings. The van der Waals surface area contributed by atoms with E-state index in [0.717, 1.165) is 30.6 Å². The van der Waals surface area contributed by atoms with Gasteiger partial charge in [-0.15, -0.1) is 11.3 Å². The molecule has 0 aliphatic heterocycles. The number of thiazole rings is 1. The zero-order chi connectivity index (χ0) is 16.7. The average molecular weight is 334 g/mol. The molecule has 0 saturated heterocycles. The Morgan fingerprint density at radius 3 is 2.83 bits per heavy atom. The summed E-state index contributed by atoms with van der Waals surface area (Å²) in [6.45, 7) is 5.17. The van der Waals surface area contributed by atoms with Gasteiger partial charge in [-0.3, -0.25) is 4.99 Å². The Labute approximate surface area is 140 Å². The number of hydrogen-bond acceptors (Lipinski definition) is 3. The zero-order valence-corrected chi connectivity index (χ0v) is 14.6. The first kappa shape index (κ1) is 17.4. The Morgan fingerprint density at radius 1 is 1.35 bits per heavy atom. The van der Waals surface area contributed by atoms with E-state index in [2.05, 4.69) is 32.9 Å². The standard InChI is InChI=1S/C17H23FN4S/c1-4-16-22-14(11-23-16)7-8-20-17(19-3)21-10-13-6-5-12(2)15(18)9-13/h5-6,9,11H,4,7-8,10H2,1-3H3,(H2,19,20,21). The highest BCUT2D eigenvalue weighted by molar-refractivity contribution is 7.09. The summed E-state index contributed by atoms with van der Waals surface area (Å²) in [4.78, 5) is 8.72. The van der Waals surface area contributed by atoms with E-state index in [1.807, 2.05) is 6.07 Å². The highest BCUT2D eigenvalue weighted by Crippen LogP contribution is 2.10. The van der Waals surface area contributed by atoms with Gasteiger partial charge in [0.25, 0.3) is 0 Å². The molecular weight excluding hydrogens is 311 g/mol. The number of aromatic nitrogens is 1. The molecule has 0 spiro atoms. The van der Waals surface area contributed by atoms with E-state index >= 15 is 0 Å². The Bertz CT molecular complexity index is 666. The van der Waals surface area contributed by atoms with Crippen molar-refractivity contribution in [3.05, 3.63) is 51.2 Å². The van der Waals surface area contributed by atoms with Crippen LogP contribution in [0.3, 0.4) is 0 Å². The van der Waals surface area contributed by atoms with Crippen molar-refractivity contribution in [3.8, 4) is 0 Å². The van der Waals surface area contributed by atoms with Crippen LogP contribution in [0.4, 0.5) is 4.39 Å². The van der Waals surface area contributed by atoms with Crippen LogP contribution >= 0.6 is 11.3 Å². The molecule has 0 unspecified atom stereocenters. The number of halogens is 1. The predicted molar refractivity (Wildman–Crippen MR) is 94.5 cm³/mol. The summed E-state index contributed by atoms with van der Waals surface area (Å²) in [7, 11) is 1.73. The smallest absolute Gasteiger partial charge is 0.191 e. The lowest BCUT2D eigenvalue weighted by Gasteiger charge is -2.12. The Hall–Kier alpha value is -1.95. The van der Waals surface area contributed by atoms with Crippen LogP contribution in [-0.2, 0) is 19.4 Å². The van der Waals surface area contributed by atoms with Gasteiger partial charge in [0.2, 0.25) is 0 Å². The van der Waals surface area contributed by atoms with Crippen LogP contribution in [0.1, 0.15) is 28.8 Å². The Kier molecular flexibility index (Phi) is 6.52. The fourth-order valence-corrected chi connectivity index (χ4v) is 2.87. The van der Waals surface area contributed by atoms with Gasteiger partial charge in [0.1, 0.15) is 5.82 Å². The molecule has 124 valence electrons. The zero-order valence-electron chi connectivity index (χ0n) is 13.8. The Morgan fingerprint density at radius 2 is 2.17 bits per heavy atom. The molecule has 2 N–H and O–H groups in total. The molecule has 0 radical (unpaired) electrons. The molecule has 0 amide bonds. The maximum absolute atomic E-state index is 13.5. The average Bonchev–Trinajstić information content (AvgIpc) is 3.02. The van der Waals surface area contributed by atoms with Gasteiger partial charge in [0.05, 0.1) is 10.7 Å². The van der Waals surface area contributed by atoms with Crippen molar-refractivity contribution < 1.29 is 4.39 Å². The van der Waals surface area contributed by atoms with Crippen molar-refractivity contribution in [2.75, 3.05) is 13.6 Å². The van der Waals surface area contributed by atoms with Gasteiger partial charge in [-0.05, 0) is 30.5 Å². The predicted octanol–water partition coefficient (Wildman–Crippen LogP) is 3.06. The minimum atomic E-state index is -0.178. The first-order chi connectivity index (χ1) is 11.1. The summed E-state index contributed by atoms with van der Waals surface area (Å²) in [6, 6.07) is 5.26. The minimum absolute atomic E-state index is 0.178. The highest BCUT2D eigenvalue weighted by Gasteiger charge is 2.03. The monoisotopic (exact) mass is 334 g/mol. The highest BCUT2D eigenvalue weighted by atomic mass is 32.1. The first-order valence-corrected chi connectivity index (χ1v) is 8.63. The number of guanidine groups is 1. The van der Waals surface area contributed by atoms with E-state index < -0.39 is 0 Å². The third-order valence-electron chi connectivity index (χ3n) is 3.50. The molecule has 0 saturated carbocycles. The number of benzene rings is 1. The lowest BCUT2D eigenvalue weighted by atomic mass is 10.1. The van der Waals surface area contributed by atoms with Crippen molar-refractivity contribution in [3.63, 3.8) is 0 Å². The van der Waals surface area contributed by atoms with Crippen molar-refractivity contribution in [1.29, 1.82) is 0 Å². The summed E-state index contributed by atoms with van der Waals surface area (Å²) in [6.07, 6.45) is 1.84. The van der Waals surface area contributed by atoms with Gasteiger partial charge in [0, 0.05) is 31.9 Å². The van der Waals surface area contributed by atoms with Crippen LogP contribution in [0.5, 0.6) is 0 Å². The van der Waals surface area contributed by atoms with E-state index in [1.54, 1.807) is 37.4 Å². The SMILES string of the molecule is CCc1nc(CCNC(=NC)NCc2ccc(C)c(F)c2)cs1. The Balaban J connectivity index is 1.77. The van der Waals surface area contributed by atoms with Crippen molar-refractivity contribution in [1.82, 2.24) is 15.6 Å². The van der Waals surface area contributed by atoms with Gasteiger partial charge in [-0.1, -0.05) is 19.1 Å². The number of aryl methyl sites for hydroxylation is 2. The first-order valence-electron chi connectivity index (χ1n) is 7.75. The number of hydrogen-bond donors (Lipinski definition) is 2. The van der Waals surface area contributed by atoms with Crippen LogP contribution in [0.15, 0.2) is 28.6 Å². The molecule has 2 rings (SSSR count). The van der Waals surface area contributed by atoms with E-state index in [4.69, 9.17) is 0 Å². The molecule has 1 aromatic heterocycles. The molecule has 23 heavy (non-hydrogen) atoms. The number of nitrogens with zero attached hydrogens (tertiary/aromatic N) is 2. The second-order valence-electron chi connectivity index (χ2n) is 5.27. The third kappa shape index (κ3) is 5.32. The van der Waals surface area contributed by atoms with Gasteiger partial charge in [-0.25, -0.2) is 9.37 Å². The maximum atomic E-state index is 13.5. The van der Waals surface area contributed by atoms with E-state index in [9.17, 15) is 4.39 Å². The third-order valence-corrected chi connectivity index (χ3v) is 4.54. The fourth-order valence-electron chi connectivity index (χ4n) is 2.09. The van der Waals surface area contributed by atoms with Crippen LogP contribution in [-0.4, -0.2) is 24.5 Å². The number of nitrogens with one attached hydrogen (secondary N) is 2. The van der Waals surface area contributed by atoms with Crippen LogP contribution in [0.25, 0.3) is 0 Å². The van der Waals surface area contributed by atoms with Crippen molar-refractivity contribution in [2.45, 2.75) is 33.2 Å². The van der Waals surface area contributed by atoms with Gasteiger partial charge < -0.3 is 10.6 Å². The summed E-state index contributed by atoms with van der Waals surface area (Å²) in [5.41, 5.74) is 2.66. The van der Waals surface area contributed by atoms with Gasteiger partial charge >= 0.3 is 0 Å². The van der Waals surface area contributed by atoms with E-state index in [1.165, 1.54) is 5.01 Å². The number of rotatable bonds is 6. The normalized spacial score (nSPS) is 11.6. The van der Waals surface area contributed by atoms with Crippen LogP contribution < -0.4 is 10.6 Å². The van der Waals surface area contributed by atoms with Crippen molar-refractivity contribution in [2.24, 2.45) is 4.99 Å². The van der Waals surface area contributed by atoms with Crippen LogP contribution in [0, 0.1) is 12.7 Å². The van der Waals surface area contributed by atoms with Gasteiger partial charge in [-0.2, -0.15) is 0 Å². The maximum Gasteiger partial charge on any atom is 0.191 e. The molecule has 0 aliphatic carbocycles. The van der Waals surface area contributed by atoms with E-state index in [0.29, 0.717) is 18.1 Å². The summed E-state index contributed by atoms with van der Waals surface area (Å²) >= 11 is 1.70.